The van der Waals surface area contributed by atoms with Gasteiger partial charge in [-0.15, -0.1) is 0 Å². The van der Waals surface area contributed by atoms with Gasteiger partial charge in [0, 0.05) is 6.20 Å². The molecule has 1 heterocycles. The molecule has 1 rings (SSSR count). The van der Waals surface area contributed by atoms with Crippen molar-refractivity contribution in [3.05, 3.63) is 24.3 Å². The Morgan fingerprint density at radius 2 is 2.18 bits per heavy atom. The zero-order chi connectivity index (χ0) is 12.7. The van der Waals surface area contributed by atoms with Crippen LogP contribution in [0.25, 0.3) is 0 Å². The number of nitrogens with zero attached hydrogens (tertiary/aromatic N) is 2. The average Bonchev–Trinajstić information content (AvgIpc) is 2.26. The van der Waals surface area contributed by atoms with Crippen LogP contribution < -0.4 is 10.6 Å². The highest BCUT2D eigenvalue weighted by Crippen LogP contribution is 2.11. The summed E-state index contributed by atoms with van der Waals surface area (Å²) in [6, 6.07) is 1.60. The molecule has 0 saturated carbocycles. The first kappa shape index (κ1) is 13.4. The predicted molar refractivity (Wildman–Crippen MR) is 52.8 cm³/mol. The third kappa shape index (κ3) is 6.46. The molecule has 0 atom stereocenters. The molecule has 0 fully saturated rings. The molecule has 0 aliphatic rings. The van der Waals surface area contributed by atoms with Crippen LogP contribution in [0.5, 0.6) is 0 Å². The Kier molecular flexibility index (Phi) is 4.83. The summed E-state index contributed by atoms with van der Waals surface area (Å²) in [5.74, 6) is -0.520. The molecular weight excluding hydrogens is 237 g/mol. The van der Waals surface area contributed by atoms with E-state index in [4.69, 9.17) is 0 Å². The lowest BCUT2D eigenvalue weighted by atomic mass is 10.4. The standard InChI is InChI=1S/C9H11F3N4O/c10-9(11,12)5-14-4-8(17)15-3-7-1-2-13-6-16-7/h1-2,6,14H,3-5H2,(H,15,17). The van der Waals surface area contributed by atoms with Crippen LogP contribution in [0.2, 0.25) is 0 Å². The third-order valence-corrected chi connectivity index (χ3v) is 1.72. The summed E-state index contributed by atoms with van der Waals surface area (Å²) < 4.78 is 35.2. The SMILES string of the molecule is O=C(CNCC(F)(F)F)NCc1ccncn1. The molecule has 0 unspecified atom stereocenters. The number of rotatable bonds is 5. The van der Waals surface area contributed by atoms with Crippen LogP contribution in [0.1, 0.15) is 5.69 Å². The second kappa shape index (κ2) is 6.14. The predicted octanol–water partition coefficient (Wildman–Crippen LogP) is 0.245. The van der Waals surface area contributed by atoms with Crippen LogP contribution in [0.15, 0.2) is 18.6 Å². The summed E-state index contributed by atoms with van der Waals surface area (Å²) in [5, 5.41) is 4.42. The Morgan fingerprint density at radius 1 is 1.41 bits per heavy atom. The van der Waals surface area contributed by atoms with E-state index in [2.05, 4.69) is 15.3 Å². The molecule has 0 spiro atoms. The summed E-state index contributed by atoms with van der Waals surface area (Å²) in [6.07, 6.45) is -1.48. The number of nitrogens with one attached hydrogen (secondary N) is 2. The maximum absolute atomic E-state index is 11.7. The number of aromatic nitrogens is 2. The molecule has 0 bridgehead atoms. The first-order chi connectivity index (χ1) is 7.97. The highest BCUT2D eigenvalue weighted by Gasteiger charge is 2.26. The Bertz CT molecular complexity index is 355. The minimum atomic E-state index is -4.31. The molecule has 0 radical (unpaired) electrons. The molecule has 2 N–H and O–H groups in total. The topological polar surface area (TPSA) is 66.9 Å². The van der Waals surface area contributed by atoms with Crippen LogP contribution in [-0.4, -0.2) is 35.1 Å². The summed E-state index contributed by atoms with van der Waals surface area (Å²) in [4.78, 5) is 18.6. The van der Waals surface area contributed by atoms with Crippen molar-refractivity contribution in [2.75, 3.05) is 13.1 Å². The van der Waals surface area contributed by atoms with Gasteiger partial charge in [-0.2, -0.15) is 13.2 Å². The number of alkyl halides is 3. The van der Waals surface area contributed by atoms with Crippen molar-refractivity contribution in [1.29, 1.82) is 0 Å². The van der Waals surface area contributed by atoms with E-state index in [9.17, 15) is 18.0 Å². The summed E-state index contributed by atoms with van der Waals surface area (Å²) >= 11 is 0. The molecule has 0 aliphatic heterocycles. The zero-order valence-corrected chi connectivity index (χ0v) is 8.79. The van der Waals surface area contributed by atoms with Crippen molar-refractivity contribution < 1.29 is 18.0 Å². The second-order valence-electron chi connectivity index (χ2n) is 3.20. The molecule has 1 aromatic heterocycles. The van der Waals surface area contributed by atoms with Crippen molar-refractivity contribution in [3.8, 4) is 0 Å². The van der Waals surface area contributed by atoms with Gasteiger partial charge in [-0.25, -0.2) is 9.97 Å². The fourth-order valence-electron chi connectivity index (χ4n) is 0.992. The van der Waals surface area contributed by atoms with Gasteiger partial charge in [0.15, 0.2) is 0 Å². The Hall–Kier alpha value is -1.70. The molecule has 8 heteroatoms. The van der Waals surface area contributed by atoms with Gasteiger partial charge in [-0.3, -0.25) is 4.79 Å². The van der Waals surface area contributed by atoms with Crippen molar-refractivity contribution >= 4 is 5.91 Å². The largest absolute Gasteiger partial charge is 0.401 e. The lowest BCUT2D eigenvalue weighted by molar-refractivity contribution is -0.128. The van der Waals surface area contributed by atoms with Crippen molar-refractivity contribution in [2.45, 2.75) is 12.7 Å². The minimum Gasteiger partial charge on any atom is -0.349 e. The Balaban J connectivity index is 2.18. The van der Waals surface area contributed by atoms with Gasteiger partial charge in [0.25, 0.3) is 0 Å². The van der Waals surface area contributed by atoms with E-state index < -0.39 is 18.6 Å². The number of hydrogen-bond donors (Lipinski definition) is 2. The third-order valence-electron chi connectivity index (χ3n) is 1.72. The fourth-order valence-corrected chi connectivity index (χ4v) is 0.992. The molecule has 0 saturated heterocycles. The number of hydrogen-bond acceptors (Lipinski definition) is 4. The van der Waals surface area contributed by atoms with E-state index in [1.165, 1.54) is 12.5 Å². The van der Waals surface area contributed by atoms with E-state index >= 15 is 0 Å². The van der Waals surface area contributed by atoms with Crippen LogP contribution in [0.4, 0.5) is 13.2 Å². The molecule has 94 valence electrons. The van der Waals surface area contributed by atoms with E-state index in [0.29, 0.717) is 5.69 Å². The highest BCUT2D eigenvalue weighted by molar-refractivity contribution is 5.77. The molecule has 1 amide bonds. The van der Waals surface area contributed by atoms with E-state index in [1.54, 1.807) is 6.07 Å². The van der Waals surface area contributed by atoms with Crippen molar-refractivity contribution in [2.24, 2.45) is 0 Å². The maximum atomic E-state index is 11.7. The number of amides is 1. The second-order valence-corrected chi connectivity index (χ2v) is 3.20. The molecule has 5 nitrogen and oxygen atoms in total. The molecule has 0 aromatic carbocycles. The molecule has 17 heavy (non-hydrogen) atoms. The van der Waals surface area contributed by atoms with Gasteiger partial charge in [0.1, 0.15) is 6.33 Å². The molecule has 1 aromatic rings. The van der Waals surface area contributed by atoms with Gasteiger partial charge >= 0.3 is 6.18 Å². The Labute approximate surface area is 95.5 Å². The number of halogens is 3. The first-order valence-corrected chi connectivity index (χ1v) is 4.76. The summed E-state index contributed by atoms with van der Waals surface area (Å²) in [5.41, 5.74) is 0.587. The molecule has 0 aliphatic carbocycles. The number of carbonyl (C=O) groups is 1. The first-order valence-electron chi connectivity index (χ1n) is 4.76. The lowest BCUT2D eigenvalue weighted by Gasteiger charge is -2.08. The zero-order valence-electron chi connectivity index (χ0n) is 8.79. The smallest absolute Gasteiger partial charge is 0.349 e. The van der Waals surface area contributed by atoms with Gasteiger partial charge < -0.3 is 10.6 Å². The Morgan fingerprint density at radius 3 is 2.76 bits per heavy atom. The van der Waals surface area contributed by atoms with Gasteiger partial charge in [-0.1, -0.05) is 0 Å². The van der Waals surface area contributed by atoms with Crippen molar-refractivity contribution in [1.82, 2.24) is 20.6 Å². The van der Waals surface area contributed by atoms with Gasteiger partial charge in [-0.05, 0) is 6.07 Å². The number of carbonyl (C=O) groups excluding carboxylic acids is 1. The van der Waals surface area contributed by atoms with Crippen LogP contribution in [-0.2, 0) is 11.3 Å². The van der Waals surface area contributed by atoms with E-state index in [1.807, 2.05) is 5.32 Å². The lowest BCUT2D eigenvalue weighted by Crippen LogP contribution is -2.38. The fraction of sp³-hybridized carbons (Fsp3) is 0.444. The summed E-state index contributed by atoms with van der Waals surface area (Å²) in [7, 11) is 0. The van der Waals surface area contributed by atoms with Gasteiger partial charge in [0.2, 0.25) is 5.91 Å². The van der Waals surface area contributed by atoms with Crippen LogP contribution in [0.3, 0.4) is 0 Å². The minimum absolute atomic E-state index is 0.162. The molecular formula is C9H11F3N4O. The normalized spacial score (nSPS) is 11.2. The van der Waals surface area contributed by atoms with Crippen LogP contribution in [0, 0.1) is 0 Å². The highest BCUT2D eigenvalue weighted by atomic mass is 19.4. The van der Waals surface area contributed by atoms with Crippen LogP contribution >= 0.6 is 0 Å². The quantitative estimate of drug-likeness (QED) is 0.783. The maximum Gasteiger partial charge on any atom is 0.401 e. The monoisotopic (exact) mass is 248 g/mol. The summed E-state index contributed by atoms with van der Waals surface area (Å²) in [6.45, 7) is -1.41. The van der Waals surface area contributed by atoms with E-state index in [0.717, 1.165) is 0 Å². The van der Waals surface area contributed by atoms with Crippen molar-refractivity contribution in [3.63, 3.8) is 0 Å². The van der Waals surface area contributed by atoms with Gasteiger partial charge in [0.05, 0.1) is 25.3 Å². The average molecular weight is 248 g/mol. The van der Waals surface area contributed by atoms with E-state index in [-0.39, 0.29) is 13.1 Å².